The van der Waals surface area contributed by atoms with E-state index in [0.29, 0.717) is 5.16 Å². The van der Waals surface area contributed by atoms with Crippen LogP contribution in [0, 0.1) is 13.8 Å². The Balaban J connectivity index is 1.57. The molecule has 2 aromatic heterocycles. The Kier molecular flexibility index (Phi) is 4.30. The van der Waals surface area contributed by atoms with E-state index in [2.05, 4.69) is 20.5 Å². The fourth-order valence-electron chi connectivity index (χ4n) is 3.03. The first-order valence-corrected chi connectivity index (χ1v) is 9.21. The molecule has 0 saturated carbocycles. The van der Waals surface area contributed by atoms with Gasteiger partial charge in [-0.05, 0) is 48.0 Å². The third-order valence-electron chi connectivity index (χ3n) is 4.19. The van der Waals surface area contributed by atoms with Gasteiger partial charge in [0.25, 0.3) is 0 Å². The van der Waals surface area contributed by atoms with Crippen molar-refractivity contribution in [1.82, 2.24) is 25.2 Å². The predicted octanol–water partition coefficient (Wildman–Crippen LogP) is 3.74. The molecule has 0 radical (unpaired) electrons. The number of thioether (sulfide) groups is 1. The molecule has 26 heavy (non-hydrogen) atoms. The van der Waals surface area contributed by atoms with E-state index in [1.54, 1.807) is 4.68 Å². The number of hydrogen-bond acceptors (Lipinski definition) is 5. The van der Waals surface area contributed by atoms with Crippen molar-refractivity contribution in [1.29, 1.82) is 0 Å². The summed E-state index contributed by atoms with van der Waals surface area (Å²) in [6, 6.07) is 15.8. The molecule has 2 heterocycles. The number of nitrogens with one attached hydrogen (secondary N) is 1. The van der Waals surface area contributed by atoms with Crippen LogP contribution in [0.4, 0.5) is 0 Å². The lowest BCUT2D eigenvalue weighted by atomic mass is 10.1. The summed E-state index contributed by atoms with van der Waals surface area (Å²) in [5, 5.41) is 13.4. The third kappa shape index (κ3) is 3.01. The molecule has 6 nitrogen and oxygen atoms in total. The predicted molar refractivity (Wildman–Crippen MR) is 102 cm³/mol. The normalized spacial score (nSPS) is 11.2. The highest BCUT2D eigenvalue weighted by Gasteiger charge is 2.18. The summed E-state index contributed by atoms with van der Waals surface area (Å²) in [6.07, 6.45) is 0. The van der Waals surface area contributed by atoms with Crippen LogP contribution >= 0.6 is 11.8 Å². The molecule has 4 rings (SSSR count). The highest BCUT2D eigenvalue weighted by Crippen LogP contribution is 2.25. The van der Waals surface area contributed by atoms with Crippen molar-refractivity contribution in [3.63, 3.8) is 0 Å². The minimum Gasteiger partial charge on any atom is -0.358 e. The van der Waals surface area contributed by atoms with Crippen molar-refractivity contribution in [2.24, 2.45) is 0 Å². The average Bonchev–Trinajstić information content (AvgIpc) is 3.23. The molecule has 0 atom stereocenters. The molecule has 2 aromatic carbocycles. The lowest BCUT2D eigenvalue weighted by Crippen LogP contribution is -2.06. The number of para-hydroxylation sites is 1. The second kappa shape index (κ2) is 6.76. The second-order valence-electron chi connectivity index (χ2n) is 6.09. The first-order valence-electron chi connectivity index (χ1n) is 8.22. The van der Waals surface area contributed by atoms with Gasteiger partial charge < -0.3 is 4.98 Å². The number of Topliss-reactive ketones (excluding diaryl/α,β-unsaturated/α-hetero) is 1. The van der Waals surface area contributed by atoms with Gasteiger partial charge in [-0.1, -0.05) is 42.1 Å². The molecule has 7 heteroatoms. The molecule has 0 spiro atoms. The maximum Gasteiger partial charge on any atom is 0.214 e. The van der Waals surface area contributed by atoms with Crippen LogP contribution in [0.15, 0.2) is 53.7 Å². The molecule has 0 aliphatic heterocycles. The van der Waals surface area contributed by atoms with Gasteiger partial charge in [0.05, 0.1) is 11.4 Å². The summed E-state index contributed by atoms with van der Waals surface area (Å²) in [5.41, 5.74) is 4.60. The SMILES string of the molecule is Cc1cccc(-n2nnnc2SCC(=O)c2c(C)[nH]c3ccccc23)c1. The van der Waals surface area contributed by atoms with Gasteiger partial charge in [-0.15, -0.1) is 5.10 Å². The number of carbonyl (C=O) groups excluding carboxylic acids is 1. The Morgan fingerprint density at radius 3 is 2.85 bits per heavy atom. The van der Waals surface area contributed by atoms with Crippen LogP contribution in [0.25, 0.3) is 16.6 Å². The van der Waals surface area contributed by atoms with E-state index in [1.165, 1.54) is 11.8 Å². The molecule has 0 fully saturated rings. The van der Waals surface area contributed by atoms with E-state index in [1.807, 2.05) is 62.4 Å². The first-order chi connectivity index (χ1) is 12.6. The van der Waals surface area contributed by atoms with Crippen LogP contribution in [0.2, 0.25) is 0 Å². The number of tetrazole rings is 1. The molecular weight excluding hydrogens is 346 g/mol. The number of carbonyl (C=O) groups is 1. The fraction of sp³-hybridized carbons (Fsp3) is 0.158. The number of benzene rings is 2. The fourth-order valence-corrected chi connectivity index (χ4v) is 3.79. The Morgan fingerprint density at radius 2 is 2.00 bits per heavy atom. The van der Waals surface area contributed by atoms with Gasteiger partial charge in [0.1, 0.15) is 0 Å². The average molecular weight is 363 g/mol. The van der Waals surface area contributed by atoms with Gasteiger partial charge in [0, 0.05) is 22.2 Å². The topological polar surface area (TPSA) is 76.5 Å². The molecule has 130 valence electrons. The minimum absolute atomic E-state index is 0.0590. The van der Waals surface area contributed by atoms with Crippen LogP contribution in [0.3, 0.4) is 0 Å². The number of aryl methyl sites for hydroxylation is 2. The zero-order chi connectivity index (χ0) is 18.1. The molecular formula is C19H17N5OS. The first kappa shape index (κ1) is 16.5. The maximum absolute atomic E-state index is 12.8. The number of rotatable bonds is 5. The summed E-state index contributed by atoms with van der Waals surface area (Å²) in [5.74, 6) is 0.332. The van der Waals surface area contributed by atoms with Crippen LogP contribution in [-0.4, -0.2) is 36.7 Å². The van der Waals surface area contributed by atoms with Gasteiger partial charge in [-0.25, -0.2) is 0 Å². The monoisotopic (exact) mass is 363 g/mol. The number of ketones is 1. The van der Waals surface area contributed by atoms with E-state index in [4.69, 9.17) is 0 Å². The van der Waals surface area contributed by atoms with E-state index in [9.17, 15) is 4.79 Å². The zero-order valence-corrected chi connectivity index (χ0v) is 15.2. The lowest BCUT2D eigenvalue weighted by Gasteiger charge is -2.05. The Labute approximate surface area is 154 Å². The maximum atomic E-state index is 12.8. The minimum atomic E-state index is 0.0590. The number of H-pyrrole nitrogens is 1. The largest absolute Gasteiger partial charge is 0.358 e. The summed E-state index contributed by atoms with van der Waals surface area (Å²) < 4.78 is 1.66. The van der Waals surface area contributed by atoms with Crippen LogP contribution in [0.5, 0.6) is 0 Å². The number of aromatic nitrogens is 5. The highest BCUT2D eigenvalue weighted by molar-refractivity contribution is 7.99. The number of aromatic amines is 1. The van der Waals surface area contributed by atoms with Crippen molar-refractivity contribution in [3.05, 3.63) is 65.4 Å². The number of fused-ring (bicyclic) bond motifs is 1. The zero-order valence-electron chi connectivity index (χ0n) is 14.4. The van der Waals surface area contributed by atoms with E-state index < -0.39 is 0 Å². The van der Waals surface area contributed by atoms with Gasteiger partial charge in [0.2, 0.25) is 5.16 Å². The van der Waals surface area contributed by atoms with Crippen molar-refractivity contribution in [2.75, 3.05) is 5.75 Å². The molecule has 0 aliphatic carbocycles. The number of hydrogen-bond donors (Lipinski definition) is 1. The van der Waals surface area contributed by atoms with Gasteiger partial charge in [-0.2, -0.15) is 4.68 Å². The summed E-state index contributed by atoms with van der Waals surface area (Å²) in [7, 11) is 0. The third-order valence-corrected chi connectivity index (χ3v) is 5.11. The van der Waals surface area contributed by atoms with E-state index in [-0.39, 0.29) is 11.5 Å². The molecule has 0 unspecified atom stereocenters. The van der Waals surface area contributed by atoms with E-state index in [0.717, 1.165) is 33.4 Å². The molecule has 0 amide bonds. The van der Waals surface area contributed by atoms with Gasteiger partial charge in [0.15, 0.2) is 5.78 Å². The van der Waals surface area contributed by atoms with E-state index >= 15 is 0 Å². The Bertz CT molecular complexity index is 1100. The quantitative estimate of drug-likeness (QED) is 0.432. The standard InChI is InChI=1S/C19H17N5OS/c1-12-6-5-7-14(10-12)24-19(21-22-23-24)26-11-17(25)18-13(2)20-16-9-4-3-8-15(16)18/h3-10,20H,11H2,1-2H3. The van der Waals surface area contributed by atoms with Crippen LogP contribution in [0.1, 0.15) is 21.6 Å². The highest BCUT2D eigenvalue weighted by atomic mass is 32.2. The second-order valence-corrected chi connectivity index (χ2v) is 7.04. The van der Waals surface area contributed by atoms with Crippen molar-refractivity contribution in [2.45, 2.75) is 19.0 Å². The van der Waals surface area contributed by atoms with Crippen LogP contribution in [-0.2, 0) is 0 Å². The van der Waals surface area contributed by atoms with Crippen molar-refractivity contribution in [3.8, 4) is 5.69 Å². The summed E-state index contributed by atoms with van der Waals surface area (Å²) >= 11 is 1.34. The Hall–Kier alpha value is -2.93. The van der Waals surface area contributed by atoms with Gasteiger partial charge in [-0.3, -0.25) is 4.79 Å². The summed E-state index contributed by atoms with van der Waals surface area (Å²) in [4.78, 5) is 16.1. The molecule has 0 aliphatic rings. The molecule has 0 saturated heterocycles. The lowest BCUT2D eigenvalue weighted by molar-refractivity contribution is 0.102. The summed E-state index contributed by atoms with van der Waals surface area (Å²) in [6.45, 7) is 3.94. The van der Waals surface area contributed by atoms with Gasteiger partial charge >= 0.3 is 0 Å². The van der Waals surface area contributed by atoms with Crippen molar-refractivity contribution >= 4 is 28.4 Å². The number of nitrogens with zero attached hydrogens (tertiary/aromatic N) is 4. The Morgan fingerprint density at radius 1 is 1.15 bits per heavy atom. The molecule has 0 bridgehead atoms. The smallest absolute Gasteiger partial charge is 0.214 e. The molecule has 4 aromatic rings. The van der Waals surface area contributed by atoms with Crippen molar-refractivity contribution < 1.29 is 4.79 Å². The van der Waals surface area contributed by atoms with Crippen LogP contribution < -0.4 is 0 Å². The molecule has 1 N–H and O–H groups in total.